The number of unbranched alkanes of at least 4 members (excludes halogenated alkanes) is 9. The molecule has 142 valence electrons. The first-order chi connectivity index (χ1) is 11.8. The fourth-order valence-corrected chi connectivity index (χ4v) is 3.09. The van der Waals surface area contributed by atoms with Crippen molar-refractivity contribution in [2.45, 2.75) is 111 Å². The number of rotatable bonds is 17. The predicted octanol–water partition coefficient (Wildman–Crippen LogP) is 7.22. The third-order valence-electron chi connectivity index (χ3n) is 4.58. The maximum Gasteiger partial charge on any atom is 0.308 e. The van der Waals surface area contributed by atoms with Crippen LogP contribution in [0.5, 0.6) is 0 Å². The normalized spacial score (nSPS) is 12.6. The van der Waals surface area contributed by atoms with E-state index in [1.165, 1.54) is 64.2 Å². The van der Waals surface area contributed by atoms with Crippen molar-refractivity contribution in [3.05, 3.63) is 12.2 Å². The summed E-state index contributed by atoms with van der Waals surface area (Å²) >= 11 is 0. The monoisotopic (exact) mass is 338 g/mol. The molecule has 0 N–H and O–H groups in total. The van der Waals surface area contributed by atoms with Crippen LogP contribution in [0.2, 0.25) is 0 Å². The number of hydrogen-bond acceptors (Lipinski definition) is 2. The van der Waals surface area contributed by atoms with Crippen molar-refractivity contribution in [2.24, 2.45) is 5.92 Å². The summed E-state index contributed by atoms with van der Waals surface area (Å²) in [5.41, 5.74) is 0. The topological polar surface area (TPSA) is 26.3 Å². The molecule has 0 saturated carbocycles. The number of ether oxygens (including phenoxy) is 1. The summed E-state index contributed by atoms with van der Waals surface area (Å²) in [5.74, 6) is 0.0824. The number of allylic oxidation sites excluding steroid dienone is 2. The van der Waals surface area contributed by atoms with Crippen molar-refractivity contribution < 1.29 is 9.53 Å². The quantitative estimate of drug-likeness (QED) is 0.159. The highest BCUT2D eigenvalue weighted by atomic mass is 16.5. The molecule has 0 rings (SSSR count). The molecule has 0 radical (unpaired) electrons. The summed E-state index contributed by atoms with van der Waals surface area (Å²) in [6.45, 7) is 6.78. The average molecular weight is 339 g/mol. The van der Waals surface area contributed by atoms with Crippen LogP contribution in [0.3, 0.4) is 0 Å². The lowest BCUT2D eigenvalue weighted by molar-refractivity contribution is -0.148. The van der Waals surface area contributed by atoms with Crippen molar-refractivity contribution in [1.82, 2.24) is 0 Å². The summed E-state index contributed by atoms with van der Waals surface area (Å²) in [7, 11) is 0. The van der Waals surface area contributed by atoms with E-state index in [9.17, 15) is 4.79 Å². The Morgan fingerprint density at radius 3 is 1.92 bits per heavy atom. The minimum Gasteiger partial charge on any atom is -0.466 e. The van der Waals surface area contributed by atoms with Crippen LogP contribution >= 0.6 is 0 Å². The summed E-state index contributed by atoms with van der Waals surface area (Å²) < 4.78 is 5.16. The third-order valence-corrected chi connectivity index (χ3v) is 4.58. The minimum absolute atomic E-state index is 0.00770. The number of esters is 1. The van der Waals surface area contributed by atoms with Gasteiger partial charge in [0.2, 0.25) is 0 Å². The highest BCUT2D eigenvalue weighted by Crippen LogP contribution is 2.16. The summed E-state index contributed by atoms with van der Waals surface area (Å²) in [6.07, 6.45) is 22.1. The van der Waals surface area contributed by atoms with E-state index in [1.807, 2.05) is 6.92 Å². The lowest BCUT2D eigenvalue weighted by atomic mass is 9.98. The molecule has 2 nitrogen and oxygen atoms in total. The van der Waals surface area contributed by atoms with Crippen molar-refractivity contribution in [3.8, 4) is 0 Å². The van der Waals surface area contributed by atoms with E-state index in [-0.39, 0.29) is 11.9 Å². The van der Waals surface area contributed by atoms with Gasteiger partial charge in [-0.3, -0.25) is 4.79 Å². The molecule has 24 heavy (non-hydrogen) atoms. The second kappa shape index (κ2) is 18.5. The molecule has 1 unspecified atom stereocenters. The van der Waals surface area contributed by atoms with Gasteiger partial charge in [0.1, 0.15) is 0 Å². The van der Waals surface area contributed by atoms with Gasteiger partial charge in [0, 0.05) is 0 Å². The molecule has 0 aliphatic carbocycles. The molecule has 0 fully saturated rings. The minimum atomic E-state index is -0.00770. The standard InChI is InChI=1S/C22H42O2/c1-4-7-8-9-10-11-12-13-14-15-16-17-18-20-21(19-5-2)22(23)24-6-3/h16-17,21H,4-15,18-20H2,1-3H3/b17-16+. The van der Waals surface area contributed by atoms with Gasteiger partial charge < -0.3 is 4.74 Å². The van der Waals surface area contributed by atoms with Crippen LogP contribution in [0, 0.1) is 5.92 Å². The van der Waals surface area contributed by atoms with Gasteiger partial charge in [0.05, 0.1) is 12.5 Å². The largest absolute Gasteiger partial charge is 0.466 e. The van der Waals surface area contributed by atoms with E-state index in [1.54, 1.807) is 0 Å². The molecule has 0 aromatic heterocycles. The van der Waals surface area contributed by atoms with Crippen LogP contribution in [0.1, 0.15) is 111 Å². The highest BCUT2D eigenvalue weighted by Gasteiger charge is 2.17. The highest BCUT2D eigenvalue weighted by molar-refractivity contribution is 5.72. The first-order valence-corrected chi connectivity index (χ1v) is 10.6. The average Bonchev–Trinajstić information content (AvgIpc) is 2.58. The Morgan fingerprint density at radius 2 is 1.33 bits per heavy atom. The van der Waals surface area contributed by atoms with Crippen LogP contribution in [0.25, 0.3) is 0 Å². The fourth-order valence-electron chi connectivity index (χ4n) is 3.09. The zero-order valence-electron chi connectivity index (χ0n) is 16.7. The molecule has 0 aliphatic heterocycles. The van der Waals surface area contributed by atoms with Gasteiger partial charge in [0.15, 0.2) is 0 Å². The second-order valence-corrected chi connectivity index (χ2v) is 6.90. The molecule has 0 bridgehead atoms. The van der Waals surface area contributed by atoms with Crippen molar-refractivity contribution in [1.29, 1.82) is 0 Å². The van der Waals surface area contributed by atoms with Crippen molar-refractivity contribution in [2.75, 3.05) is 6.61 Å². The number of hydrogen-bond donors (Lipinski definition) is 0. The Bertz CT molecular complexity index is 296. The Labute approximate surface area is 151 Å². The van der Waals surface area contributed by atoms with Gasteiger partial charge in [0.25, 0.3) is 0 Å². The molecule has 0 aromatic rings. The van der Waals surface area contributed by atoms with E-state index >= 15 is 0 Å². The maximum atomic E-state index is 11.8. The molecule has 2 heteroatoms. The lowest BCUT2D eigenvalue weighted by Gasteiger charge is -2.13. The van der Waals surface area contributed by atoms with Crippen LogP contribution in [-0.2, 0) is 9.53 Å². The van der Waals surface area contributed by atoms with E-state index in [0.717, 1.165) is 25.7 Å². The van der Waals surface area contributed by atoms with Crippen LogP contribution in [0.15, 0.2) is 12.2 Å². The van der Waals surface area contributed by atoms with Crippen LogP contribution in [-0.4, -0.2) is 12.6 Å². The molecule has 0 aliphatic rings. The van der Waals surface area contributed by atoms with Gasteiger partial charge >= 0.3 is 5.97 Å². The molecule has 0 aromatic carbocycles. The third kappa shape index (κ3) is 14.8. The summed E-state index contributed by atoms with van der Waals surface area (Å²) in [4.78, 5) is 11.8. The van der Waals surface area contributed by atoms with Gasteiger partial charge in [-0.25, -0.2) is 0 Å². The second-order valence-electron chi connectivity index (χ2n) is 6.90. The Hall–Kier alpha value is -0.790. The molecule has 1 atom stereocenters. The summed E-state index contributed by atoms with van der Waals surface area (Å²) in [5, 5.41) is 0. The van der Waals surface area contributed by atoms with Crippen LogP contribution in [0.4, 0.5) is 0 Å². The van der Waals surface area contributed by atoms with E-state index in [4.69, 9.17) is 4.74 Å². The molecule has 0 heterocycles. The Kier molecular flexibility index (Phi) is 17.9. The SMILES string of the molecule is CCCCCCCCCCC/C=C/CCC(CCC)C(=O)OCC. The van der Waals surface area contributed by atoms with E-state index in [2.05, 4.69) is 26.0 Å². The first-order valence-electron chi connectivity index (χ1n) is 10.6. The predicted molar refractivity (Wildman–Crippen MR) is 105 cm³/mol. The van der Waals surface area contributed by atoms with Gasteiger partial charge in [-0.15, -0.1) is 0 Å². The first kappa shape index (κ1) is 23.2. The molecule has 0 amide bonds. The smallest absolute Gasteiger partial charge is 0.308 e. The molecule has 0 spiro atoms. The van der Waals surface area contributed by atoms with Crippen LogP contribution < -0.4 is 0 Å². The Balaban J connectivity index is 3.51. The van der Waals surface area contributed by atoms with E-state index < -0.39 is 0 Å². The molecule has 0 saturated heterocycles. The molecular weight excluding hydrogens is 296 g/mol. The number of carbonyl (C=O) groups excluding carboxylic acids is 1. The van der Waals surface area contributed by atoms with Gasteiger partial charge in [-0.2, -0.15) is 0 Å². The molecular formula is C22H42O2. The van der Waals surface area contributed by atoms with E-state index in [0.29, 0.717) is 6.61 Å². The zero-order valence-corrected chi connectivity index (χ0v) is 16.7. The van der Waals surface area contributed by atoms with Crippen molar-refractivity contribution in [3.63, 3.8) is 0 Å². The van der Waals surface area contributed by atoms with Crippen molar-refractivity contribution >= 4 is 5.97 Å². The number of carbonyl (C=O) groups is 1. The van der Waals surface area contributed by atoms with Gasteiger partial charge in [-0.1, -0.05) is 83.8 Å². The Morgan fingerprint density at radius 1 is 0.750 bits per heavy atom. The fraction of sp³-hybridized carbons (Fsp3) is 0.864. The summed E-state index contributed by atoms with van der Waals surface area (Å²) in [6, 6.07) is 0. The lowest BCUT2D eigenvalue weighted by Crippen LogP contribution is -2.17. The maximum absolute atomic E-state index is 11.8. The van der Waals surface area contributed by atoms with Gasteiger partial charge in [-0.05, 0) is 39.0 Å². The zero-order chi connectivity index (χ0) is 17.9.